The maximum atomic E-state index is 13.1. The number of hydrogen-bond acceptors (Lipinski definition) is 6. The summed E-state index contributed by atoms with van der Waals surface area (Å²) in [5.41, 5.74) is 17.0. The van der Waals surface area contributed by atoms with E-state index in [9.17, 15) is 4.79 Å². The minimum absolute atomic E-state index is 0.109. The van der Waals surface area contributed by atoms with E-state index >= 15 is 0 Å². The van der Waals surface area contributed by atoms with Crippen molar-refractivity contribution < 1.29 is 14.3 Å². The van der Waals surface area contributed by atoms with Crippen molar-refractivity contribution in [3.63, 3.8) is 0 Å². The molecule has 3 N–H and O–H groups in total. The van der Waals surface area contributed by atoms with Crippen molar-refractivity contribution in [2.45, 2.75) is 39.5 Å². The highest BCUT2D eigenvalue weighted by atomic mass is 16.5. The van der Waals surface area contributed by atoms with Gasteiger partial charge in [0.15, 0.2) is 0 Å². The van der Waals surface area contributed by atoms with Gasteiger partial charge in [0.25, 0.3) is 5.91 Å². The minimum atomic E-state index is -0.194. The first-order valence-electron chi connectivity index (χ1n) is 12.3. The molecule has 4 heterocycles. The predicted octanol–water partition coefficient (Wildman–Crippen LogP) is 5.11. The number of benzene rings is 2. The van der Waals surface area contributed by atoms with Crippen LogP contribution in [0, 0.1) is 20.8 Å². The highest BCUT2D eigenvalue weighted by molar-refractivity contribution is 5.94. The number of nitrogens with two attached hydrogens (primary N) is 1. The smallest absolute Gasteiger partial charge is 0.251 e. The van der Waals surface area contributed by atoms with Gasteiger partial charge >= 0.3 is 0 Å². The van der Waals surface area contributed by atoms with Crippen LogP contribution in [0.25, 0.3) is 11.1 Å². The lowest BCUT2D eigenvalue weighted by atomic mass is 9.83. The van der Waals surface area contributed by atoms with Crippen molar-refractivity contribution in [2.75, 3.05) is 12.8 Å². The first-order valence-corrected chi connectivity index (χ1v) is 12.3. The number of amides is 1. The number of nitrogens with one attached hydrogen (secondary N) is 1. The lowest BCUT2D eigenvalue weighted by molar-refractivity contribution is 0.0857. The van der Waals surface area contributed by atoms with Gasteiger partial charge in [-0.25, -0.2) is 9.97 Å². The van der Waals surface area contributed by atoms with Crippen LogP contribution in [-0.4, -0.2) is 23.0 Å². The fraction of sp³-hybridized carbons (Fsp3) is 0.233. The Morgan fingerprint density at radius 3 is 2.43 bits per heavy atom. The van der Waals surface area contributed by atoms with Crippen molar-refractivity contribution in [3.8, 4) is 17.0 Å². The second-order valence-electron chi connectivity index (χ2n) is 9.74. The second-order valence-corrected chi connectivity index (χ2v) is 9.74. The molecular weight excluding hydrogens is 464 g/mol. The van der Waals surface area contributed by atoms with Gasteiger partial charge in [0.05, 0.1) is 7.11 Å². The highest BCUT2D eigenvalue weighted by Gasteiger charge is 2.43. The van der Waals surface area contributed by atoms with Gasteiger partial charge in [-0.3, -0.25) is 4.79 Å². The lowest BCUT2D eigenvalue weighted by Crippen LogP contribution is -2.24. The molecule has 2 atom stereocenters. The summed E-state index contributed by atoms with van der Waals surface area (Å²) in [6.07, 6.45) is 1.54. The fourth-order valence-electron chi connectivity index (χ4n) is 5.52. The number of aryl methyl sites for hydroxylation is 3. The molecule has 2 aromatic carbocycles. The Balaban J connectivity index is 1.26. The summed E-state index contributed by atoms with van der Waals surface area (Å²) in [5, 5.41) is 3.04. The summed E-state index contributed by atoms with van der Waals surface area (Å²) >= 11 is 0. The van der Waals surface area contributed by atoms with Crippen molar-refractivity contribution >= 4 is 11.7 Å². The summed E-state index contributed by atoms with van der Waals surface area (Å²) in [6, 6.07) is 16.1. The second kappa shape index (κ2) is 8.71. The summed E-state index contributed by atoms with van der Waals surface area (Å²) in [7, 11) is 1.62. The van der Waals surface area contributed by atoms with E-state index in [1.807, 2.05) is 50.4 Å². The SMILES string of the molecule is COc1cc(C)c(-c2ccc3c(c2)C2OC3c3ccc(C(=O)NCc4c(C)cc(N)nc4C)cc32)cn1. The number of rotatable bonds is 5. The van der Waals surface area contributed by atoms with Crippen LogP contribution in [0.15, 0.2) is 54.7 Å². The molecule has 0 aliphatic carbocycles. The molecule has 186 valence electrons. The molecule has 2 aromatic heterocycles. The van der Waals surface area contributed by atoms with Crippen LogP contribution in [0.4, 0.5) is 5.82 Å². The number of pyridine rings is 2. The third kappa shape index (κ3) is 3.83. The number of anilines is 1. The van der Waals surface area contributed by atoms with Gasteiger partial charge in [0.2, 0.25) is 5.88 Å². The average molecular weight is 493 g/mol. The van der Waals surface area contributed by atoms with E-state index in [0.29, 0.717) is 23.8 Å². The maximum Gasteiger partial charge on any atom is 0.251 e. The predicted molar refractivity (Wildman–Crippen MR) is 141 cm³/mol. The van der Waals surface area contributed by atoms with E-state index in [0.717, 1.165) is 50.2 Å². The Bertz CT molecular complexity index is 1560. The van der Waals surface area contributed by atoms with E-state index in [-0.39, 0.29) is 18.1 Å². The van der Waals surface area contributed by atoms with Gasteiger partial charge < -0.3 is 20.5 Å². The number of carbonyl (C=O) groups is 1. The normalized spacial score (nSPS) is 16.9. The van der Waals surface area contributed by atoms with Crippen molar-refractivity contribution in [1.29, 1.82) is 0 Å². The maximum absolute atomic E-state index is 13.1. The number of ether oxygens (including phenoxy) is 2. The summed E-state index contributed by atoms with van der Waals surface area (Å²) in [6.45, 7) is 6.33. The molecule has 37 heavy (non-hydrogen) atoms. The summed E-state index contributed by atoms with van der Waals surface area (Å²) in [4.78, 5) is 21.8. The Morgan fingerprint density at radius 2 is 1.70 bits per heavy atom. The van der Waals surface area contributed by atoms with Crippen molar-refractivity contribution in [2.24, 2.45) is 0 Å². The third-order valence-electron chi connectivity index (χ3n) is 7.44. The molecule has 0 radical (unpaired) electrons. The zero-order valence-electron chi connectivity index (χ0n) is 21.3. The molecular formula is C30H28N4O3. The van der Waals surface area contributed by atoms with Crippen LogP contribution < -0.4 is 15.8 Å². The lowest BCUT2D eigenvalue weighted by Gasteiger charge is -2.18. The first-order chi connectivity index (χ1) is 17.8. The van der Waals surface area contributed by atoms with E-state index in [1.165, 1.54) is 5.56 Å². The zero-order chi connectivity index (χ0) is 25.8. The molecule has 2 aliphatic heterocycles. The molecule has 2 aliphatic rings. The van der Waals surface area contributed by atoms with Gasteiger partial charge in [-0.15, -0.1) is 0 Å². The molecule has 2 unspecified atom stereocenters. The van der Waals surface area contributed by atoms with Crippen molar-refractivity contribution in [3.05, 3.63) is 105 Å². The number of carbonyl (C=O) groups excluding carboxylic acids is 1. The molecule has 7 nitrogen and oxygen atoms in total. The number of aromatic nitrogens is 2. The van der Waals surface area contributed by atoms with Crippen LogP contribution in [0.1, 0.15) is 67.2 Å². The molecule has 6 rings (SSSR count). The number of methoxy groups -OCH3 is 1. The summed E-state index contributed by atoms with van der Waals surface area (Å²) < 4.78 is 11.6. The van der Waals surface area contributed by atoms with E-state index < -0.39 is 0 Å². The largest absolute Gasteiger partial charge is 0.481 e. The zero-order valence-corrected chi connectivity index (χ0v) is 21.3. The van der Waals surface area contributed by atoms with E-state index in [1.54, 1.807) is 7.11 Å². The average Bonchev–Trinajstić information content (AvgIpc) is 3.44. The van der Waals surface area contributed by atoms with Gasteiger partial charge in [0.1, 0.15) is 18.0 Å². The molecule has 0 fully saturated rings. The van der Waals surface area contributed by atoms with Gasteiger partial charge in [-0.1, -0.05) is 18.2 Å². The third-order valence-corrected chi connectivity index (χ3v) is 7.44. The fourth-order valence-corrected chi connectivity index (χ4v) is 5.52. The highest BCUT2D eigenvalue weighted by Crippen LogP contribution is 2.54. The molecule has 7 heteroatoms. The van der Waals surface area contributed by atoms with Gasteiger partial charge in [-0.2, -0.15) is 0 Å². The minimum Gasteiger partial charge on any atom is -0.481 e. The Labute approximate surface area is 215 Å². The molecule has 1 amide bonds. The van der Waals surface area contributed by atoms with Crippen molar-refractivity contribution in [1.82, 2.24) is 15.3 Å². The number of nitrogens with zero attached hydrogens (tertiary/aromatic N) is 2. The van der Waals surface area contributed by atoms with Gasteiger partial charge in [-0.05, 0) is 89.5 Å². The topological polar surface area (TPSA) is 99.4 Å². The van der Waals surface area contributed by atoms with Gasteiger partial charge in [0, 0.05) is 35.6 Å². The molecule has 0 spiro atoms. The monoisotopic (exact) mass is 492 g/mol. The van der Waals surface area contributed by atoms with Crippen LogP contribution >= 0.6 is 0 Å². The quantitative estimate of drug-likeness (QED) is 0.402. The van der Waals surface area contributed by atoms with Crippen LogP contribution in [0.2, 0.25) is 0 Å². The van der Waals surface area contributed by atoms with E-state index in [4.69, 9.17) is 15.2 Å². The molecule has 0 saturated carbocycles. The van der Waals surface area contributed by atoms with Crippen LogP contribution in [0.5, 0.6) is 5.88 Å². The molecule has 4 aromatic rings. The first kappa shape index (κ1) is 23.2. The standard InChI is InChI=1S/C30H28N4O3/c1-15-9-26(31)34-17(3)24(15)13-33-30(35)19-6-8-21-23(12-19)29-22-11-18(5-7-20(22)28(21)37-29)25-14-32-27(36-4)10-16(25)2/h5-12,14,28-29H,13H2,1-4H3,(H2,31,34)(H,33,35). The molecule has 2 bridgehead atoms. The van der Waals surface area contributed by atoms with Crippen LogP contribution in [-0.2, 0) is 11.3 Å². The Hall–Kier alpha value is -4.23. The Morgan fingerprint density at radius 1 is 0.973 bits per heavy atom. The molecule has 0 saturated heterocycles. The number of nitrogen functional groups attached to an aromatic ring is 1. The summed E-state index contributed by atoms with van der Waals surface area (Å²) in [5.74, 6) is 0.957. The van der Waals surface area contributed by atoms with E-state index in [2.05, 4.69) is 40.4 Å². The van der Waals surface area contributed by atoms with Crippen LogP contribution in [0.3, 0.4) is 0 Å². The number of fused-ring (bicyclic) bond motifs is 8. The number of hydrogen-bond donors (Lipinski definition) is 2. The Kier molecular flexibility index (Phi) is 5.46.